The van der Waals surface area contributed by atoms with Crippen LogP contribution in [0.5, 0.6) is 11.5 Å². The fourth-order valence-corrected chi connectivity index (χ4v) is 4.93. The molecule has 38 heavy (non-hydrogen) atoms. The summed E-state index contributed by atoms with van der Waals surface area (Å²) in [6.07, 6.45) is 6.10. The average molecular weight is 675 g/mol. The zero-order chi connectivity index (χ0) is 24.9. The van der Waals surface area contributed by atoms with E-state index in [4.69, 9.17) is 9.72 Å². The number of hydrogen-bond donors (Lipinski definition) is 0. The van der Waals surface area contributed by atoms with E-state index in [1.54, 1.807) is 0 Å². The van der Waals surface area contributed by atoms with Gasteiger partial charge in [-0.25, -0.2) is 0 Å². The number of benzene rings is 4. The summed E-state index contributed by atoms with van der Waals surface area (Å²) in [7, 11) is 1.99. The summed E-state index contributed by atoms with van der Waals surface area (Å²) in [6.45, 7) is 4.11. The molecule has 0 unspecified atom stereocenters. The molecule has 5 nitrogen and oxygen atoms in total. The predicted octanol–water partition coefficient (Wildman–Crippen LogP) is 7.35. The Hall–Kier alpha value is -4.08. The van der Waals surface area contributed by atoms with Gasteiger partial charge in [0.1, 0.15) is 0 Å². The first-order valence-electron chi connectivity index (χ1n) is 12.2. The van der Waals surface area contributed by atoms with Gasteiger partial charge in [-0.05, 0) is 43.4 Å². The number of rotatable bonds is 4. The van der Waals surface area contributed by atoms with Crippen LogP contribution < -0.4 is 9.64 Å². The summed E-state index contributed by atoms with van der Waals surface area (Å²) in [5.41, 5.74) is 6.13. The van der Waals surface area contributed by atoms with Crippen molar-refractivity contribution in [1.29, 1.82) is 0 Å². The molecule has 1 aliphatic heterocycles. The van der Waals surface area contributed by atoms with Gasteiger partial charge >= 0.3 is 0 Å². The Morgan fingerprint density at radius 1 is 0.816 bits per heavy atom. The van der Waals surface area contributed by atoms with Crippen molar-refractivity contribution in [3.05, 3.63) is 122 Å². The number of anilines is 1. The Balaban J connectivity index is 0.00000264. The van der Waals surface area contributed by atoms with Gasteiger partial charge in [-0.15, -0.1) is 36.0 Å². The van der Waals surface area contributed by atoms with Crippen LogP contribution in [-0.2, 0) is 21.1 Å². The number of aryl methyl sites for hydroxylation is 1. The largest absolute Gasteiger partial charge is 0.510 e. The van der Waals surface area contributed by atoms with Gasteiger partial charge in [-0.1, -0.05) is 59.3 Å². The van der Waals surface area contributed by atoms with Crippen molar-refractivity contribution in [2.45, 2.75) is 6.92 Å². The monoisotopic (exact) mass is 674 g/mol. The Bertz CT molecular complexity index is 1840. The Kier molecular flexibility index (Phi) is 6.17. The van der Waals surface area contributed by atoms with Crippen molar-refractivity contribution in [1.82, 2.24) is 14.3 Å². The minimum absolute atomic E-state index is 0. The molecule has 1 aliphatic rings. The fourth-order valence-electron chi connectivity index (χ4n) is 4.93. The van der Waals surface area contributed by atoms with Crippen molar-refractivity contribution in [2.75, 3.05) is 11.9 Å². The summed E-state index contributed by atoms with van der Waals surface area (Å²) in [6, 6.07) is 33.6. The topological polar surface area (TPSA) is 33.0 Å². The predicted molar refractivity (Wildman–Crippen MR) is 148 cm³/mol. The first-order chi connectivity index (χ1) is 18.1. The van der Waals surface area contributed by atoms with E-state index in [1.807, 2.05) is 60.2 Å². The molecule has 0 atom stereocenters. The van der Waals surface area contributed by atoms with Gasteiger partial charge in [-0.3, -0.25) is 4.98 Å². The van der Waals surface area contributed by atoms with Crippen LogP contribution in [0.3, 0.4) is 0 Å². The number of fused-ring (bicyclic) bond motifs is 6. The molecule has 7 rings (SSSR count). The molecule has 190 valence electrons. The molecule has 6 aromatic rings. The third-order valence-corrected chi connectivity index (χ3v) is 6.74. The quantitative estimate of drug-likeness (QED) is 0.145. The Labute approximate surface area is 235 Å². The zero-order valence-electron chi connectivity index (χ0n) is 20.8. The number of pyridine rings is 1. The van der Waals surface area contributed by atoms with Crippen LogP contribution in [0.25, 0.3) is 38.6 Å². The molecule has 0 fully saturated rings. The smallest absolute Gasteiger partial charge is 0.0774 e. The maximum atomic E-state index is 6.26. The van der Waals surface area contributed by atoms with E-state index in [0.29, 0.717) is 11.5 Å². The second-order valence-electron chi connectivity index (χ2n) is 9.25. The van der Waals surface area contributed by atoms with Crippen molar-refractivity contribution in [3.8, 4) is 22.8 Å². The fraction of sp³-hybridized carbons (Fsp3) is 0.0625. The molecule has 6 heteroatoms. The van der Waals surface area contributed by atoms with E-state index in [1.165, 1.54) is 5.56 Å². The molecule has 0 spiro atoms. The summed E-state index contributed by atoms with van der Waals surface area (Å²) in [4.78, 5) is 9.08. The van der Waals surface area contributed by atoms with Gasteiger partial charge in [-0.2, -0.15) is 12.7 Å². The van der Waals surface area contributed by atoms with Crippen molar-refractivity contribution in [2.24, 2.45) is 0 Å². The molecule has 0 amide bonds. The molecule has 0 saturated heterocycles. The number of para-hydroxylation sites is 1. The molecule has 0 aliphatic carbocycles. The first kappa shape index (κ1) is 24.3. The van der Waals surface area contributed by atoms with Crippen molar-refractivity contribution < 1.29 is 25.8 Å². The van der Waals surface area contributed by atoms with Crippen molar-refractivity contribution in [3.63, 3.8) is 0 Å². The molecule has 4 aromatic carbocycles. The van der Waals surface area contributed by atoms with Gasteiger partial charge < -0.3 is 18.9 Å². The number of nitrogens with zero attached hydrogens (tertiary/aromatic N) is 4. The first-order valence-corrected chi connectivity index (χ1v) is 12.2. The normalized spacial score (nSPS) is 13.0. The average Bonchev–Trinajstić information content (AvgIpc) is 3.56. The van der Waals surface area contributed by atoms with Crippen LogP contribution in [0.4, 0.5) is 5.69 Å². The van der Waals surface area contributed by atoms with Gasteiger partial charge in [0.2, 0.25) is 0 Å². The van der Waals surface area contributed by atoms with Gasteiger partial charge in [0, 0.05) is 49.8 Å². The zero-order valence-corrected chi connectivity index (χ0v) is 23.1. The molecule has 2 aromatic heterocycles. The van der Waals surface area contributed by atoms with Crippen molar-refractivity contribution >= 4 is 33.0 Å². The summed E-state index contributed by atoms with van der Waals surface area (Å²) < 4.78 is 8.42. The van der Waals surface area contributed by atoms with E-state index < -0.39 is 0 Å². The van der Waals surface area contributed by atoms with Gasteiger partial charge in [0.05, 0.1) is 11.3 Å². The standard InChI is InChI=1S/C32H23N4O.Pt/c1-22-8-3-4-11-26(22)30-20-36-31-13-6-5-12-28(31)27-15-14-25(19-29(27)32(36)33-30)37-24-10-7-9-23(18-24)35-17-16-34(2)21-35;/h3-17,20-21H,1-2H3;/q-3;. The third kappa shape index (κ3) is 4.13. The van der Waals surface area contributed by atoms with Gasteiger partial charge in [0.15, 0.2) is 0 Å². The van der Waals surface area contributed by atoms with Crippen LogP contribution in [0.1, 0.15) is 5.56 Å². The van der Waals surface area contributed by atoms with Crippen LogP contribution in [0.15, 0.2) is 97.5 Å². The third-order valence-electron chi connectivity index (χ3n) is 6.74. The Morgan fingerprint density at radius 2 is 1.63 bits per heavy atom. The summed E-state index contributed by atoms with van der Waals surface area (Å²) in [5.74, 6) is 1.25. The Morgan fingerprint density at radius 3 is 2.47 bits per heavy atom. The maximum absolute atomic E-state index is 6.26. The van der Waals surface area contributed by atoms with E-state index in [0.717, 1.165) is 44.3 Å². The minimum Gasteiger partial charge on any atom is -0.510 e. The molecule has 0 radical (unpaired) electrons. The van der Waals surface area contributed by atoms with Gasteiger partial charge in [0.25, 0.3) is 0 Å². The number of imidazole rings is 1. The van der Waals surface area contributed by atoms with E-state index in [-0.39, 0.29) is 21.1 Å². The SMILES string of the molecule is Cc1ccccc1-c1cn2c3ccccc3c3ccc(Oc4[c-]c(N5C=CN(C)[CH-]5)ccc4)[c-]c3c2n1.[Pt]. The van der Waals surface area contributed by atoms with E-state index >= 15 is 0 Å². The molecule has 3 heterocycles. The second-order valence-corrected chi connectivity index (χ2v) is 9.25. The maximum Gasteiger partial charge on any atom is 0.0774 e. The molecular weight excluding hydrogens is 651 g/mol. The second kappa shape index (κ2) is 9.66. The van der Waals surface area contributed by atoms with Crippen LogP contribution in [0.2, 0.25) is 0 Å². The van der Waals surface area contributed by atoms with Crippen LogP contribution >= 0.6 is 0 Å². The summed E-state index contributed by atoms with van der Waals surface area (Å²) in [5, 5.41) is 3.16. The number of aromatic nitrogens is 2. The van der Waals surface area contributed by atoms with Crippen LogP contribution in [-0.4, -0.2) is 21.3 Å². The molecular formula is C32H23N4OPt-3. The molecule has 0 N–H and O–H groups in total. The van der Waals surface area contributed by atoms with Crippen LogP contribution in [0, 0.1) is 25.7 Å². The number of hydrogen-bond acceptors (Lipinski definition) is 4. The minimum atomic E-state index is 0. The summed E-state index contributed by atoms with van der Waals surface area (Å²) >= 11 is 0. The number of ether oxygens (including phenoxy) is 1. The van der Waals surface area contributed by atoms with E-state index in [2.05, 4.69) is 84.3 Å². The van der Waals surface area contributed by atoms with E-state index in [9.17, 15) is 0 Å². The molecule has 0 saturated carbocycles. The molecule has 0 bridgehead atoms.